The van der Waals surface area contributed by atoms with E-state index in [2.05, 4.69) is 13.2 Å². The predicted octanol–water partition coefficient (Wildman–Crippen LogP) is 0.739. The lowest BCUT2D eigenvalue weighted by atomic mass is 9.57. The van der Waals surface area contributed by atoms with Gasteiger partial charge in [0, 0.05) is 24.0 Å². The lowest BCUT2D eigenvalue weighted by Gasteiger charge is -2.51. The fraction of sp³-hybridized carbons (Fsp3) is 0.640. The lowest BCUT2D eigenvalue weighted by molar-refractivity contribution is -0.179. The number of rotatable bonds is 7. The summed E-state index contributed by atoms with van der Waals surface area (Å²) in [5.41, 5.74) is -0.232. The Balaban J connectivity index is 2.04. The van der Waals surface area contributed by atoms with Crippen molar-refractivity contribution >= 4 is 17.9 Å². The zero-order valence-electron chi connectivity index (χ0n) is 19.8. The van der Waals surface area contributed by atoms with Crippen molar-refractivity contribution in [1.82, 2.24) is 4.90 Å². The van der Waals surface area contributed by atoms with Gasteiger partial charge in [-0.3, -0.25) is 9.69 Å². The second-order valence-corrected chi connectivity index (χ2v) is 9.79. The Labute approximate surface area is 199 Å². The molecule has 2 heterocycles. The smallest absolute Gasteiger partial charge is 0.333 e. The third kappa shape index (κ3) is 4.88. The Bertz CT molecular complexity index is 882. The number of esters is 3. The van der Waals surface area contributed by atoms with E-state index in [-0.39, 0.29) is 31.8 Å². The minimum Gasteiger partial charge on any atom is -0.459 e. The van der Waals surface area contributed by atoms with E-state index in [0.717, 1.165) is 6.42 Å². The van der Waals surface area contributed by atoms with E-state index in [1.807, 2.05) is 11.8 Å². The zero-order valence-corrected chi connectivity index (χ0v) is 19.8. The molecule has 2 saturated heterocycles. The van der Waals surface area contributed by atoms with Gasteiger partial charge in [-0.2, -0.15) is 0 Å². The molecule has 0 bridgehead atoms. The highest BCUT2D eigenvalue weighted by atomic mass is 16.6. The number of aliphatic hydroxyl groups is 3. The zero-order chi connectivity index (χ0) is 25.2. The standard InChI is InChI=1S/C25H35NO8/c1-5-25(4)11-18(33-22(30)14(2)8-10-27)19(21(29)20(25)15(3)13-28)16-12-26-9-6-7-17(26)24(32)34-23(16)31/h5,8,16-21,27-29H,1,3,6-7,9-13H2,2,4H3/b14-8+/t16-,17?,18+,19-,20?,21+,25-/m1/s1. The highest BCUT2D eigenvalue weighted by Gasteiger charge is 2.56. The second-order valence-electron chi connectivity index (χ2n) is 9.79. The van der Waals surface area contributed by atoms with Crippen molar-refractivity contribution in [3.05, 3.63) is 36.5 Å². The number of carbonyl (C=O) groups excluding carboxylic acids is 3. The van der Waals surface area contributed by atoms with Crippen molar-refractivity contribution in [2.24, 2.45) is 23.2 Å². The molecule has 0 aromatic carbocycles. The minimum atomic E-state index is -1.23. The lowest BCUT2D eigenvalue weighted by Crippen LogP contribution is -2.57. The van der Waals surface area contributed by atoms with Crippen LogP contribution < -0.4 is 0 Å². The summed E-state index contributed by atoms with van der Waals surface area (Å²) in [5.74, 6) is -4.55. The van der Waals surface area contributed by atoms with Crippen LogP contribution in [0.25, 0.3) is 0 Å². The van der Waals surface area contributed by atoms with Crippen molar-refractivity contribution in [3.63, 3.8) is 0 Å². The quantitative estimate of drug-likeness (QED) is 0.210. The number of carbonyl (C=O) groups is 3. The molecule has 3 fully saturated rings. The average Bonchev–Trinajstić information content (AvgIpc) is 3.22. The van der Waals surface area contributed by atoms with Crippen LogP contribution in [0.4, 0.5) is 0 Å². The van der Waals surface area contributed by atoms with Gasteiger partial charge in [-0.15, -0.1) is 6.58 Å². The molecule has 188 valence electrons. The van der Waals surface area contributed by atoms with Crippen LogP contribution in [0.15, 0.2) is 36.5 Å². The molecule has 0 amide bonds. The maximum Gasteiger partial charge on any atom is 0.333 e. The molecule has 7 atom stereocenters. The number of nitrogens with zero attached hydrogens (tertiary/aromatic N) is 1. The molecule has 0 spiro atoms. The average molecular weight is 478 g/mol. The van der Waals surface area contributed by atoms with Gasteiger partial charge in [0.25, 0.3) is 0 Å². The van der Waals surface area contributed by atoms with Gasteiger partial charge >= 0.3 is 17.9 Å². The summed E-state index contributed by atoms with van der Waals surface area (Å²) >= 11 is 0. The van der Waals surface area contributed by atoms with Gasteiger partial charge in [0.2, 0.25) is 0 Å². The van der Waals surface area contributed by atoms with Crippen LogP contribution in [0, 0.1) is 23.2 Å². The molecule has 9 heteroatoms. The first-order chi connectivity index (χ1) is 16.1. The molecular weight excluding hydrogens is 442 g/mol. The van der Waals surface area contributed by atoms with Crippen molar-refractivity contribution in [1.29, 1.82) is 0 Å². The molecule has 1 saturated carbocycles. The predicted molar refractivity (Wildman–Crippen MR) is 122 cm³/mol. The molecule has 2 aliphatic heterocycles. The van der Waals surface area contributed by atoms with Gasteiger partial charge in [-0.1, -0.05) is 19.6 Å². The summed E-state index contributed by atoms with van der Waals surface area (Å²) in [4.78, 5) is 40.2. The Morgan fingerprint density at radius 3 is 2.65 bits per heavy atom. The number of hydrogen-bond acceptors (Lipinski definition) is 9. The fourth-order valence-electron chi connectivity index (χ4n) is 5.77. The van der Waals surface area contributed by atoms with Crippen LogP contribution in [-0.2, 0) is 23.9 Å². The first-order valence-electron chi connectivity index (χ1n) is 11.7. The Morgan fingerprint density at radius 2 is 2.03 bits per heavy atom. The second kappa shape index (κ2) is 10.5. The summed E-state index contributed by atoms with van der Waals surface area (Å²) in [6.07, 6.45) is 2.39. The Morgan fingerprint density at radius 1 is 1.32 bits per heavy atom. The molecule has 3 rings (SSSR count). The number of allylic oxidation sites excluding steroid dienone is 1. The summed E-state index contributed by atoms with van der Waals surface area (Å²) in [5, 5.41) is 30.6. The molecule has 9 nitrogen and oxygen atoms in total. The third-order valence-electron chi connectivity index (χ3n) is 7.64. The summed E-state index contributed by atoms with van der Waals surface area (Å²) in [7, 11) is 0. The van der Waals surface area contributed by atoms with E-state index >= 15 is 0 Å². The van der Waals surface area contributed by atoms with Gasteiger partial charge in [0.1, 0.15) is 12.1 Å². The molecule has 34 heavy (non-hydrogen) atoms. The number of cyclic esters (lactones) is 2. The van der Waals surface area contributed by atoms with E-state index in [4.69, 9.17) is 14.6 Å². The molecule has 3 aliphatic rings. The summed E-state index contributed by atoms with van der Waals surface area (Å²) in [6.45, 7) is 11.2. The highest BCUT2D eigenvalue weighted by molar-refractivity contribution is 5.91. The van der Waals surface area contributed by atoms with Crippen molar-refractivity contribution in [2.75, 3.05) is 26.3 Å². The van der Waals surface area contributed by atoms with Crippen LogP contribution in [0.3, 0.4) is 0 Å². The molecule has 2 unspecified atom stereocenters. The SMILES string of the molecule is C=C[C@]1(C)C[C@H](OC(=O)/C(C)=C/CO)[C@@H]([C@H]2CN3CCCC3C(=O)OC2=O)[C@H](O)C1C(=C)CO. The van der Waals surface area contributed by atoms with Crippen LogP contribution in [0.1, 0.15) is 33.1 Å². The number of aliphatic hydroxyl groups excluding tert-OH is 3. The monoisotopic (exact) mass is 477 g/mol. The number of ether oxygens (including phenoxy) is 2. The normalized spacial score (nSPS) is 36.9. The van der Waals surface area contributed by atoms with E-state index in [1.165, 1.54) is 13.0 Å². The molecule has 3 N–H and O–H groups in total. The first-order valence-corrected chi connectivity index (χ1v) is 11.7. The largest absolute Gasteiger partial charge is 0.459 e. The van der Waals surface area contributed by atoms with Gasteiger partial charge in [0.15, 0.2) is 0 Å². The van der Waals surface area contributed by atoms with E-state index < -0.39 is 59.3 Å². The summed E-state index contributed by atoms with van der Waals surface area (Å²) in [6, 6.07) is -0.507. The molecule has 0 radical (unpaired) electrons. The molecule has 0 aromatic rings. The van der Waals surface area contributed by atoms with E-state index in [1.54, 1.807) is 6.08 Å². The first kappa shape index (κ1) is 26.3. The van der Waals surface area contributed by atoms with Crippen LogP contribution >= 0.6 is 0 Å². The number of fused-ring (bicyclic) bond motifs is 1. The third-order valence-corrected chi connectivity index (χ3v) is 7.64. The van der Waals surface area contributed by atoms with Crippen LogP contribution in [-0.4, -0.2) is 82.7 Å². The van der Waals surface area contributed by atoms with Crippen molar-refractivity contribution in [2.45, 2.75) is 51.4 Å². The van der Waals surface area contributed by atoms with Gasteiger partial charge < -0.3 is 24.8 Å². The molecule has 1 aliphatic carbocycles. The number of hydrogen-bond donors (Lipinski definition) is 3. The van der Waals surface area contributed by atoms with Crippen molar-refractivity contribution in [3.8, 4) is 0 Å². The fourth-order valence-corrected chi connectivity index (χ4v) is 5.77. The summed E-state index contributed by atoms with van der Waals surface area (Å²) < 4.78 is 11.0. The maximum absolute atomic E-state index is 13.1. The van der Waals surface area contributed by atoms with Crippen LogP contribution in [0.2, 0.25) is 0 Å². The Hall–Kier alpha value is -2.33. The van der Waals surface area contributed by atoms with Crippen molar-refractivity contribution < 1.29 is 39.2 Å². The van der Waals surface area contributed by atoms with Gasteiger partial charge in [-0.25, -0.2) is 9.59 Å². The maximum atomic E-state index is 13.1. The van der Waals surface area contributed by atoms with Gasteiger partial charge in [-0.05, 0) is 49.8 Å². The minimum absolute atomic E-state index is 0.180. The Kier molecular flexibility index (Phi) is 8.13. The van der Waals surface area contributed by atoms with E-state index in [9.17, 15) is 24.6 Å². The topological polar surface area (TPSA) is 134 Å². The van der Waals surface area contributed by atoms with Gasteiger partial charge in [0.05, 0.1) is 25.2 Å². The van der Waals surface area contributed by atoms with Crippen LogP contribution in [0.5, 0.6) is 0 Å². The molecule has 0 aromatic heterocycles. The molecular formula is C25H35NO8. The highest BCUT2D eigenvalue weighted by Crippen LogP contribution is 2.51. The van der Waals surface area contributed by atoms with E-state index in [0.29, 0.717) is 18.5 Å².